The third-order valence-corrected chi connectivity index (χ3v) is 9.74. The number of anilines is 1. The summed E-state index contributed by atoms with van der Waals surface area (Å²) in [6.45, 7) is 2.91. The van der Waals surface area contributed by atoms with E-state index in [0.717, 1.165) is 56.9 Å². The minimum atomic E-state index is -3.37. The Hall–Kier alpha value is -4.12. The smallest absolute Gasteiger partial charge is 0.345 e. The van der Waals surface area contributed by atoms with Gasteiger partial charge in [-0.3, -0.25) is 0 Å². The molecular weight excluding hydrogens is 572 g/mol. The van der Waals surface area contributed by atoms with Crippen LogP contribution in [0.4, 0.5) is 5.69 Å². The van der Waals surface area contributed by atoms with Crippen molar-refractivity contribution in [1.82, 2.24) is 4.57 Å². The van der Waals surface area contributed by atoms with Gasteiger partial charge in [-0.2, -0.15) is 0 Å². The van der Waals surface area contributed by atoms with Crippen LogP contribution in [0.15, 0.2) is 83.8 Å². The normalized spacial score (nSPS) is 13.9. The molecule has 0 saturated carbocycles. The summed E-state index contributed by atoms with van der Waals surface area (Å²) in [6.07, 6.45) is 1.21. The van der Waals surface area contributed by atoms with Gasteiger partial charge < -0.3 is 24.0 Å². The van der Waals surface area contributed by atoms with Gasteiger partial charge in [0.05, 0.1) is 34.0 Å². The Morgan fingerprint density at radius 1 is 0.976 bits per heavy atom. The summed E-state index contributed by atoms with van der Waals surface area (Å²) in [6, 6.07) is 24.7. The van der Waals surface area contributed by atoms with E-state index >= 15 is 0 Å². The molecule has 0 spiro atoms. The molecule has 0 atom stereocenters. The van der Waals surface area contributed by atoms with Crippen LogP contribution in [-0.4, -0.2) is 56.6 Å². The molecule has 3 aromatic carbocycles. The molecule has 42 heavy (non-hydrogen) atoms. The SMILES string of the molecule is Cn1c(-c2ccc(OCc3cc(S(C)(=O)=O)ccc3N3CCOCC3)cc2)c(-c2ccccc2)c2sc(C(=O)O)cc21. The number of aromatic nitrogens is 1. The van der Waals surface area contributed by atoms with Crippen LogP contribution >= 0.6 is 11.3 Å². The zero-order valence-electron chi connectivity index (χ0n) is 23.2. The molecule has 1 aliphatic heterocycles. The maximum atomic E-state index is 12.3. The number of benzene rings is 3. The summed E-state index contributed by atoms with van der Waals surface area (Å²) in [5.41, 5.74) is 6.57. The van der Waals surface area contributed by atoms with Crippen LogP contribution in [0, 0.1) is 0 Å². The molecule has 0 amide bonds. The average Bonchev–Trinajstić information content (AvgIpc) is 3.55. The van der Waals surface area contributed by atoms with Crippen molar-refractivity contribution in [2.75, 3.05) is 37.5 Å². The number of nitrogens with zero attached hydrogens (tertiary/aromatic N) is 2. The van der Waals surface area contributed by atoms with Crippen molar-refractivity contribution in [2.24, 2.45) is 7.05 Å². The van der Waals surface area contributed by atoms with E-state index in [2.05, 4.69) is 4.90 Å². The summed E-state index contributed by atoms with van der Waals surface area (Å²) < 4.78 is 39.2. The van der Waals surface area contributed by atoms with Gasteiger partial charge in [0.25, 0.3) is 0 Å². The number of carboxylic acid groups (broad SMARTS) is 1. The molecular formula is C32H30N2O6S2. The molecule has 2 aromatic heterocycles. The lowest BCUT2D eigenvalue weighted by Crippen LogP contribution is -2.36. The van der Waals surface area contributed by atoms with Gasteiger partial charge in [-0.05, 0) is 59.7 Å². The molecule has 1 fully saturated rings. The van der Waals surface area contributed by atoms with E-state index in [1.54, 1.807) is 18.2 Å². The van der Waals surface area contributed by atoms with Gasteiger partial charge in [0.2, 0.25) is 0 Å². The standard InChI is InChI=1S/C32H30N2O6S2/c1-33-27-19-28(32(35)36)41-31(27)29(21-6-4-3-5-7-21)30(33)22-8-10-24(11-9-22)40-20-23-18-25(42(2,37)38)12-13-26(23)34-14-16-39-17-15-34/h3-13,18-19H,14-17,20H2,1-2H3,(H,35,36). The molecule has 10 heteroatoms. The van der Waals surface area contributed by atoms with E-state index in [-0.39, 0.29) is 11.5 Å². The van der Waals surface area contributed by atoms with Crippen molar-refractivity contribution in [3.05, 3.63) is 89.3 Å². The van der Waals surface area contributed by atoms with Crippen LogP contribution in [-0.2, 0) is 28.2 Å². The Balaban J connectivity index is 1.32. The van der Waals surface area contributed by atoms with Gasteiger partial charge in [-0.15, -0.1) is 11.3 Å². The third-order valence-electron chi connectivity index (χ3n) is 7.50. The van der Waals surface area contributed by atoms with Crippen LogP contribution in [0.1, 0.15) is 15.2 Å². The lowest BCUT2D eigenvalue weighted by Gasteiger charge is -2.30. The number of sulfone groups is 1. The number of aromatic carboxylic acids is 1. The first-order valence-electron chi connectivity index (χ1n) is 13.5. The molecule has 3 heterocycles. The maximum absolute atomic E-state index is 12.3. The van der Waals surface area contributed by atoms with Crippen molar-refractivity contribution in [1.29, 1.82) is 0 Å². The number of hydrogen-bond donors (Lipinski definition) is 1. The second-order valence-corrected chi connectivity index (χ2v) is 13.3. The Morgan fingerprint density at radius 2 is 1.69 bits per heavy atom. The van der Waals surface area contributed by atoms with E-state index in [4.69, 9.17) is 9.47 Å². The van der Waals surface area contributed by atoms with Crippen molar-refractivity contribution >= 4 is 43.0 Å². The van der Waals surface area contributed by atoms with Crippen molar-refractivity contribution in [2.45, 2.75) is 11.5 Å². The lowest BCUT2D eigenvalue weighted by atomic mass is 10.0. The largest absolute Gasteiger partial charge is 0.489 e. The highest BCUT2D eigenvalue weighted by atomic mass is 32.2. The fraction of sp³-hybridized carbons (Fsp3) is 0.219. The molecule has 0 aliphatic carbocycles. The Morgan fingerprint density at radius 3 is 2.36 bits per heavy atom. The Kier molecular flexibility index (Phi) is 7.53. The highest BCUT2D eigenvalue weighted by Gasteiger charge is 2.23. The number of hydrogen-bond acceptors (Lipinski definition) is 7. The van der Waals surface area contributed by atoms with E-state index in [9.17, 15) is 18.3 Å². The molecule has 1 aliphatic rings. The van der Waals surface area contributed by atoms with Crippen LogP contribution in [0.2, 0.25) is 0 Å². The van der Waals surface area contributed by atoms with Crippen molar-refractivity contribution in [3.63, 3.8) is 0 Å². The minimum absolute atomic E-state index is 0.211. The van der Waals surface area contributed by atoms with Gasteiger partial charge >= 0.3 is 5.97 Å². The van der Waals surface area contributed by atoms with Crippen LogP contribution < -0.4 is 9.64 Å². The van der Waals surface area contributed by atoms with E-state index in [1.807, 2.05) is 72.3 Å². The van der Waals surface area contributed by atoms with Crippen LogP contribution in [0.5, 0.6) is 5.75 Å². The average molecular weight is 603 g/mol. The van der Waals surface area contributed by atoms with E-state index in [0.29, 0.717) is 23.8 Å². The molecule has 5 aromatic rings. The lowest BCUT2D eigenvalue weighted by molar-refractivity contribution is 0.0702. The van der Waals surface area contributed by atoms with Gasteiger partial charge in [-0.1, -0.05) is 30.3 Å². The predicted molar refractivity (Wildman–Crippen MR) is 166 cm³/mol. The zero-order valence-corrected chi connectivity index (χ0v) is 24.9. The van der Waals surface area contributed by atoms with Crippen LogP contribution in [0.25, 0.3) is 32.6 Å². The monoisotopic (exact) mass is 602 g/mol. The molecule has 0 unspecified atom stereocenters. The number of rotatable bonds is 8. The number of aryl methyl sites for hydroxylation is 1. The van der Waals surface area contributed by atoms with Crippen LogP contribution in [0.3, 0.4) is 0 Å². The summed E-state index contributed by atoms with van der Waals surface area (Å²) >= 11 is 1.28. The molecule has 0 radical (unpaired) electrons. The maximum Gasteiger partial charge on any atom is 0.345 e. The molecule has 216 valence electrons. The zero-order chi connectivity index (χ0) is 29.4. The quantitative estimate of drug-likeness (QED) is 0.230. The highest BCUT2D eigenvalue weighted by Crippen LogP contribution is 2.44. The highest BCUT2D eigenvalue weighted by molar-refractivity contribution is 7.90. The molecule has 0 bridgehead atoms. The number of ether oxygens (including phenoxy) is 2. The van der Waals surface area contributed by atoms with Gasteiger partial charge in [0.15, 0.2) is 9.84 Å². The molecule has 1 N–H and O–H groups in total. The minimum Gasteiger partial charge on any atom is -0.489 e. The van der Waals surface area contributed by atoms with Gasteiger partial charge in [0.1, 0.15) is 17.2 Å². The van der Waals surface area contributed by atoms with E-state index in [1.165, 1.54) is 17.6 Å². The summed E-state index contributed by atoms with van der Waals surface area (Å²) in [4.78, 5) is 14.5. The fourth-order valence-electron chi connectivity index (χ4n) is 5.41. The fourth-order valence-corrected chi connectivity index (χ4v) is 7.18. The van der Waals surface area contributed by atoms with Gasteiger partial charge in [0, 0.05) is 43.2 Å². The summed E-state index contributed by atoms with van der Waals surface area (Å²) in [5.74, 6) is -0.279. The van der Waals surface area contributed by atoms with Crippen molar-refractivity contribution < 1.29 is 27.8 Å². The first-order chi connectivity index (χ1) is 20.2. The molecule has 8 nitrogen and oxygen atoms in total. The third kappa shape index (κ3) is 5.40. The number of morpholine rings is 1. The first-order valence-corrected chi connectivity index (χ1v) is 16.2. The second-order valence-electron chi connectivity index (χ2n) is 10.3. The number of carbonyl (C=O) groups is 1. The predicted octanol–water partition coefficient (Wildman–Crippen LogP) is 6.09. The topological polar surface area (TPSA) is 98.1 Å². The second kappa shape index (κ2) is 11.3. The number of thiophene rings is 1. The van der Waals surface area contributed by atoms with E-state index < -0.39 is 15.8 Å². The number of fused-ring (bicyclic) bond motifs is 1. The summed E-state index contributed by atoms with van der Waals surface area (Å²) in [5, 5.41) is 9.60. The van der Waals surface area contributed by atoms with Gasteiger partial charge in [-0.25, -0.2) is 13.2 Å². The Bertz CT molecular complexity index is 1870. The molecule has 1 saturated heterocycles. The van der Waals surface area contributed by atoms with Crippen molar-refractivity contribution in [3.8, 4) is 28.1 Å². The Labute approximate surface area is 248 Å². The first kappa shape index (κ1) is 28.0. The number of carboxylic acids is 1. The molecule has 6 rings (SSSR count). The summed E-state index contributed by atoms with van der Waals surface area (Å²) in [7, 11) is -1.42.